The van der Waals surface area contributed by atoms with Crippen molar-refractivity contribution in [3.8, 4) is 11.1 Å². The molecule has 2 amide bonds. The molecule has 7 nitrogen and oxygen atoms in total. The van der Waals surface area contributed by atoms with Gasteiger partial charge in [0.1, 0.15) is 18.7 Å². The molecule has 7 heteroatoms. The highest BCUT2D eigenvalue weighted by molar-refractivity contribution is 5.89. The summed E-state index contributed by atoms with van der Waals surface area (Å²) in [7, 11) is 0. The van der Waals surface area contributed by atoms with Gasteiger partial charge in [-0.1, -0.05) is 68.3 Å². The van der Waals surface area contributed by atoms with E-state index in [2.05, 4.69) is 22.8 Å². The lowest BCUT2D eigenvalue weighted by atomic mass is 9.98. The van der Waals surface area contributed by atoms with Gasteiger partial charge in [-0.2, -0.15) is 0 Å². The van der Waals surface area contributed by atoms with Gasteiger partial charge in [-0.3, -0.25) is 4.79 Å². The van der Waals surface area contributed by atoms with E-state index in [1.807, 2.05) is 36.4 Å². The maximum absolute atomic E-state index is 12.6. The van der Waals surface area contributed by atoms with Crippen molar-refractivity contribution in [1.29, 1.82) is 0 Å². The molecule has 0 aromatic heterocycles. The molecule has 1 saturated carbocycles. The van der Waals surface area contributed by atoms with Crippen molar-refractivity contribution >= 4 is 18.0 Å². The van der Waals surface area contributed by atoms with E-state index in [0.717, 1.165) is 35.1 Å². The van der Waals surface area contributed by atoms with E-state index >= 15 is 0 Å². The fraction of sp³-hybridized carbons (Fsp3) is 0.400. The Balaban J connectivity index is 1.35. The number of hydrogen-bond donors (Lipinski definition) is 3. The highest BCUT2D eigenvalue weighted by Gasteiger charge is 2.33. The molecule has 0 spiro atoms. The van der Waals surface area contributed by atoms with E-state index in [-0.39, 0.29) is 12.5 Å². The largest absolute Gasteiger partial charge is 0.480 e. The summed E-state index contributed by atoms with van der Waals surface area (Å²) >= 11 is 0. The molecule has 2 aromatic carbocycles. The normalized spacial score (nSPS) is 16.4. The van der Waals surface area contributed by atoms with E-state index < -0.39 is 30.1 Å². The van der Waals surface area contributed by atoms with Gasteiger partial charge in [-0.25, -0.2) is 9.59 Å². The van der Waals surface area contributed by atoms with Crippen LogP contribution in [0.2, 0.25) is 0 Å². The lowest BCUT2D eigenvalue weighted by molar-refractivity contribution is -0.142. The van der Waals surface area contributed by atoms with Crippen molar-refractivity contribution in [2.24, 2.45) is 5.92 Å². The minimum atomic E-state index is -1.05. The number of nitrogens with one attached hydrogen (secondary N) is 2. The summed E-state index contributed by atoms with van der Waals surface area (Å²) in [6.07, 6.45) is 2.04. The molecule has 168 valence electrons. The first-order valence-corrected chi connectivity index (χ1v) is 11.1. The maximum Gasteiger partial charge on any atom is 0.407 e. The average molecular weight is 437 g/mol. The number of fused-ring (bicyclic) bond motifs is 3. The summed E-state index contributed by atoms with van der Waals surface area (Å²) in [5.41, 5.74) is 4.49. The monoisotopic (exact) mass is 436 g/mol. The van der Waals surface area contributed by atoms with Crippen LogP contribution in [0.1, 0.15) is 49.7 Å². The summed E-state index contributed by atoms with van der Waals surface area (Å²) in [5, 5.41) is 14.5. The number of hydrogen-bond acceptors (Lipinski definition) is 4. The molecule has 0 radical (unpaired) electrons. The number of aliphatic carboxylic acids is 1. The summed E-state index contributed by atoms with van der Waals surface area (Å²) < 4.78 is 5.50. The standard InChI is InChI=1S/C25H28N2O5/c1-2-21(23(28)26-22(24(29)30)13-15-11-12-15)27-25(31)32-14-20-18-9-5-3-7-16(18)17-8-4-6-10-19(17)20/h3-10,15,20-22H,2,11-14H2,1H3,(H,26,28)(H,27,31)(H,29,30)/t21-,22-/m0/s1. The van der Waals surface area contributed by atoms with Crippen LogP contribution in [0.15, 0.2) is 48.5 Å². The van der Waals surface area contributed by atoms with Crippen LogP contribution in [0.25, 0.3) is 11.1 Å². The minimum absolute atomic E-state index is 0.0722. The van der Waals surface area contributed by atoms with Gasteiger partial charge in [0.25, 0.3) is 0 Å². The third-order valence-electron chi connectivity index (χ3n) is 6.24. The van der Waals surface area contributed by atoms with Crippen LogP contribution >= 0.6 is 0 Å². The van der Waals surface area contributed by atoms with Gasteiger partial charge >= 0.3 is 12.1 Å². The van der Waals surface area contributed by atoms with Crippen molar-refractivity contribution in [2.75, 3.05) is 6.61 Å². The molecule has 0 aliphatic heterocycles. The molecular formula is C25H28N2O5. The molecule has 32 heavy (non-hydrogen) atoms. The zero-order chi connectivity index (χ0) is 22.7. The van der Waals surface area contributed by atoms with Crippen LogP contribution < -0.4 is 10.6 Å². The fourth-order valence-electron chi connectivity index (χ4n) is 4.32. The van der Waals surface area contributed by atoms with Gasteiger partial charge in [-0.05, 0) is 41.0 Å². The molecule has 0 unspecified atom stereocenters. The van der Waals surface area contributed by atoms with Gasteiger partial charge in [0.05, 0.1) is 0 Å². The van der Waals surface area contributed by atoms with Gasteiger partial charge in [0, 0.05) is 5.92 Å². The van der Waals surface area contributed by atoms with Gasteiger partial charge < -0.3 is 20.5 Å². The first-order valence-electron chi connectivity index (χ1n) is 11.1. The summed E-state index contributed by atoms with van der Waals surface area (Å²) in [6, 6.07) is 14.3. The summed E-state index contributed by atoms with van der Waals surface area (Å²) in [4.78, 5) is 36.5. The molecule has 2 aliphatic rings. The van der Waals surface area contributed by atoms with Crippen LogP contribution in [0.5, 0.6) is 0 Å². The number of benzene rings is 2. The summed E-state index contributed by atoms with van der Waals surface area (Å²) in [5.74, 6) is -1.28. The topological polar surface area (TPSA) is 105 Å². The lowest BCUT2D eigenvalue weighted by Crippen LogP contribution is -2.51. The highest BCUT2D eigenvalue weighted by atomic mass is 16.5. The van der Waals surface area contributed by atoms with Crippen LogP contribution in [-0.2, 0) is 14.3 Å². The molecule has 4 rings (SSSR count). The van der Waals surface area contributed by atoms with Gasteiger partial charge in [0.2, 0.25) is 5.91 Å². The quantitative estimate of drug-likeness (QED) is 0.556. The predicted octanol–water partition coefficient (Wildman–Crippen LogP) is 3.67. The second-order valence-corrected chi connectivity index (χ2v) is 8.51. The number of alkyl carbamates (subject to hydrolysis) is 1. The number of rotatable bonds is 9. The van der Waals surface area contributed by atoms with Crippen molar-refractivity contribution in [3.05, 3.63) is 59.7 Å². The Morgan fingerprint density at radius 3 is 2.09 bits per heavy atom. The highest BCUT2D eigenvalue weighted by Crippen LogP contribution is 2.44. The molecular weight excluding hydrogens is 408 g/mol. The zero-order valence-corrected chi connectivity index (χ0v) is 18.0. The van der Waals surface area contributed by atoms with E-state index in [4.69, 9.17) is 4.74 Å². The van der Waals surface area contributed by atoms with Crippen molar-refractivity contribution in [1.82, 2.24) is 10.6 Å². The van der Waals surface area contributed by atoms with Crippen LogP contribution in [0.3, 0.4) is 0 Å². The summed E-state index contributed by atoms with van der Waals surface area (Å²) in [6.45, 7) is 1.90. The molecule has 2 aromatic rings. The molecule has 0 saturated heterocycles. The molecule has 0 bridgehead atoms. The second-order valence-electron chi connectivity index (χ2n) is 8.51. The van der Waals surface area contributed by atoms with Gasteiger partial charge in [-0.15, -0.1) is 0 Å². The Morgan fingerprint density at radius 1 is 0.969 bits per heavy atom. The number of carboxylic acid groups (broad SMARTS) is 1. The molecule has 0 heterocycles. The maximum atomic E-state index is 12.6. The Morgan fingerprint density at radius 2 is 1.56 bits per heavy atom. The molecule has 2 aliphatic carbocycles. The van der Waals surface area contributed by atoms with Crippen LogP contribution in [-0.4, -0.2) is 41.8 Å². The number of carboxylic acids is 1. The fourth-order valence-corrected chi connectivity index (χ4v) is 4.32. The lowest BCUT2D eigenvalue weighted by Gasteiger charge is -2.21. The van der Waals surface area contributed by atoms with E-state index in [9.17, 15) is 19.5 Å². The Kier molecular flexibility index (Phi) is 6.44. The van der Waals surface area contributed by atoms with Crippen molar-refractivity contribution < 1.29 is 24.2 Å². The van der Waals surface area contributed by atoms with E-state index in [1.54, 1.807) is 6.92 Å². The number of carbonyl (C=O) groups is 3. The Hall–Kier alpha value is -3.35. The van der Waals surface area contributed by atoms with Crippen LogP contribution in [0.4, 0.5) is 4.79 Å². The first kappa shape index (κ1) is 21.9. The van der Waals surface area contributed by atoms with E-state index in [0.29, 0.717) is 18.8 Å². The molecule has 1 fully saturated rings. The Labute approximate surface area is 187 Å². The number of amides is 2. The van der Waals surface area contributed by atoms with Crippen molar-refractivity contribution in [2.45, 2.75) is 50.6 Å². The molecule has 2 atom stereocenters. The average Bonchev–Trinajstić information content (AvgIpc) is 3.56. The second kappa shape index (κ2) is 9.42. The van der Waals surface area contributed by atoms with Gasteiger partial charge in [0.15, 0.2) is 0 Å². The first-order chi connectivity index (χ1) is 15.5. The predicted molar refractivity (Wildman–Crippen MR) is 119 cm³/mol. The third-order valence-corrected chi connectivity index (χ3v) is 6.24. The smallest absolute Gasteiger partial charge is 0.407 e. The number of carbonyl (C=O) groups excluding carboxylic acids is 2. The zero-order valence-electron chi connectivity index (χ0n) is 18.0. The van der Waals surface area contributed by atoms with Crippen molar-refractivity contribution in [3.63, 3.8) is 0 Å². The molecule has 3 N–H and O–H groups in total. The van der Waals surface area contributed by atoms with E-state index in [1.165, 1.54) is 0 Å². The third kappa shape index (κ3) is 4.77. The minimum Gasteiger partial charge on any atom is -0.480 e. The van der Waals surface area contributed by atoms with Crippen LogP contribution in [0, 0.1) is 5.92 Å². The SMILES string of the molecule is CC[C@H](NC(=O)OCC1c2ccccc2-c2ccccc21)C(=O)N[C@@H](CC1CC1)C(=O)O. The number of ether oxygens (including phenoxy) is 1. The Bertz CT molecular complexity index is 971.